The summed E-state index contributed by atoms with van der Waals surface area (Å²) in [5, 5.41) is 11.7. The number of fused-ring (bicyclic) bond motifs is 1. The molecule has 0 bridgehead atoms. The zero-order valence-corrected chi connectivity index (χ0v) is 14.5. The Morgan fingerprint density at radius 1 is 1.00 bits per heavy atom. The summed E-state index contributed by atoms with van der Waals surface area (Å²) >= 11 is 0. The summed E-state index contributed by atoms with van der Waals surface area (Å²) in [7, 11) is 0. The fourth-order valence-corrected chi connectivity index (χ4v) is 2.99. The van der Waals surface area contributed by atoms with Crippen LogP contribution in [0.1, 0.15) is 22.3 Å². The van der Waals surface area contributed by atoms with Crippen molar-refractivity contribution >= 4 is 23.2 Å². The molecule has 0 unspecified atom stereocenters. The van der Waals surface area contributed by atoms with Gasteiger partial charge in [0.25, 0.3) is 5.91 Å². The zero-order valence-electron chi connectivity index (χ0n) is 14.5. The van der Waals surface area contributed by atoms with Crippen LogP contribution in [0.25, 0.3) is 11.6 Å². The molecule has 4 nitrogen and oxygen atoms in total. The molecule has 1 N–H and O–H groups in total. The number of nitrogens with one attached hydrogen (secondary N) is 1. The van der Waals surface area contributed by atoms with Crippen molar-refractivity contribution in [1.82, 2.24) is 0 Å². The van der Waals surface area contributed by atoms with E-state index in [9.17, 15) is 4.79 Å². The van der Waals surface area contributed by atoms with Gasteiger partial charge in [0.1, 0.15) is 12.4 Å². The van der Waals surface area contributed by atoms with Crippen molar-refractivity contribution in [3.8, 4) is 11.8 Å². The van der Waals surface area contributed by atoms with Crippen LogP contribution in [0.2, 0.25) is 0 Å². The Morgan fingerprint density at radius 3 is 2.63 bits per heavy atom. The standard InChI is InChI=1S/C23H16N2O2/c24-14-16-8-10-17(11-9-16)15-27-19-5-3-4-18(12-19)13-21-20-6-1-2-7-22(20)25-23(21)26/h1-13H,15H2,(H,25,26). The second kappa shape index (κ2) is 7.19. The predicted molar refractivity (Wildman–Crippen MR) is 105 cm³/mol. The van der Waals surface area contributed by atoms with Gasteiger partial charge in [0, 0.05) is 16.8 Å². The molecular weight excluding hydrogens is 336 g/mol. The molecule has 3 aromatic carbocycles. The number of para-hydroxylation sites is 1. The Labute approximate surface area is 157 Å². The van der Waals surface area contributed by atoms with E-state index in [0.717, 1.165) is 28.1 Å². The van der Waals surface area contributed by atoms with E-state index in [1.807, 2.05) is 66.7 Å². The molecule has 1 amide bonds. The molecule has 4 heteroatoms. The smallest absolute Gasteiger partial charge is 0.256 e. The minimum atomic E-state index is -0.0971. The highest BCUT2D eigenvalue weighted by atomic mass is 16.5. The molecule has 4 rings (SSSR count). The number of carbonyl (C=O) groups excluding carboxylic acids is 1. The van der Waals surface area contributed by atoms with E-state index in [4.69, 9.17) is 10.00 Å². The molecule has 1 aliphatic heterocycles. The maximum Gasteiger partial charge on any atom is 0.256 e. The first-order chi connectivity index (χ1) is 13.2. The predicted octanol–water partition coefficient (Wildman–Crippen LogP) is 4.63. The number of nitriles is 1. The molecule has 0 atom stereocenters. The first-order valence-electron chi connectivity index (χ1n) is 8.57. The van der Waals surface area contributed by atoms with Gasteiger partial charge in [0.05, 0.1) is 11.6 Å². The van der Waals surface area contributed by atoms with Crippen LogP contribution in [-0.2, 0) is 11.4 Å². The normalized spacial score (nSPS) is 13.7. The lowest BCUT2D eigenvalue weighted by Crippen LogP contribution is -2.03. The van der Waals surface area contributed by atoms with Crippen LogP contribution in [0, 0.1) is 11.3 Å². The summed E-state index contributed by atoms with van der Waals surface area (Å²) < 4.78 is 5.85. The number of hydrogen-bond acceptors (Lipinski definition) is 3. The highest BCUT2D eigenvalue weighted by Crippen LogP contribution is 2.33. The molecule has 0 saturated carbocycles. The molecule has 3 aromatic rings. The highest BCUT2D eigenvalue weighted by molar-refractivity contribution is 6.34. The summed E-state index contributed by atoms with van der Waals surface area (Å²) in [6, 6.07) is 24.7. The van der Waals surface area contributed by atoms with Crippen molar-refractivity contribution < 1.29 is 9.53 Å². The van der Waals surface area contributed by atoms with Gasteiger partial charge in [-0.2, -0.15) is 5.26 Å². The van der Waals surface area contributed by atoms with Crippen molar-refractivity contribution in [2.45, 2.75) is 6.61 Å². The Bertz CT molecular complexity index is 1080. The van der Waals surface area contributed by atoms with Crippen molar-refractivity contribution in [1.29, 1.82) is 5.26 Å². The monoisotopic (exact) mass is 352 g/mol. The molecule has 0 spiro atoms. The summed E-state index contributed by atoms with van der Waals surface area (Å²) in [6.45, 7) is 0.412. The first kappa shape index (κ1) is 16.6. The zero-order chi connectivity index (χ0) is 18.6. The van der Waals surface area contributed by atoms with Crippen LogP contribution in [0.15, 0.2) is 72.8 Å². The highest BCUT2D eigenvalue weighted by Gasteiger charge is 2.23. The number of amides is 1. The van der Waals surface area contributed by atoms with Gasteiger partial charge in [-0.3, -0.25) is 4.79 Å². The second-order valence-electron chi connectivity index (χ2n) is 6.23. The van der Waals surface area contributed by atoms with Crippen molar-refractivity contribution in [3.63, 3.8) is 0 Å². The maximum atomic E-state index is 12.2. The molecule has 27 heavy (non-hydrogen) atoms. The van der Waals surface area contributed by atoms with E-state index >= 15 is 0 Å². The Hall–Kier alpha value is -3.84. The van der Waals surface area contributed by atoms with E-state index in [1.165, 1.54) is 0 Å². The van der Waals surface area contributed by atoms with E-state index < -0.39 is 0 Å². The quantitative estimate of drug-likeness (QED) is 0.696. The maximum absolute atomic E-state index is 12.2. The Balaban J connectivity index is 1.53. The van der Waals surface area contributed by atoms with Crippen molar-refractivity contribution in [2.75, 3.05) is 5.32 Å². The number of rotatable bonds is 4. The van der Waals surface area contributed by atoms with Gasteiger partial charge in [-0.05, 0) is 47.5 Å². The third-order valence-electron chi connectivity index (χ3n) is 4.37. The van der Waals surface area contributed by atoms with Gasteiger partial charge in [-0.15, -0.1) is 0 Å². The fraction of sp³-hybridized carbons (Fsp3) is 0.0435. The lowest BCUT2D eigenvalue weighted by Gasteiger charge is -2.07. The minimum Gasteiger partial charge on any atom is -0.489 e. The van der Waals surface area contributed by atoms with Crippen LogP contribution in [0.3, 0.4) is 0 Å². The lowest BCUT2D eigenvalue weighted by atomic mass is 10.0. The number of anilines is 1. The van der Waals surface area contributed by atoms with Crippen LogP contribution in [-0.4, -0.2) is 5.91 Å². The van der Waals surface area contributed by atoms with Gasteiger partial charge in [-0.1, -0.05) is 42.5 Å². The van der Waals surface area contributed by atoms with Crippen molar-refractivity contribution in [2.24, 2.45) is 0 Å². The first-order valence-corrected chi connectivity index (χ1v) is 8.57. The molecule has 0 aromatic heterocycles. The molecule has 1 aliphatic rings. The summed E-state index contributed by atoms with van der Waals surface area (Å²) in [5.74, 6) is 0.625. The van der Waals surface area contributed by atoms with Gasteiger partial charge in [0.15, 0.2) is 0 Å². The van der Waals surface area contributed by atoms with Crippen LogP contribution < -0.4 is 10.1 Å². The van der Waals surface area contributed by atoms with Crippen LogP contribution in [0.5, 0.6) is 5.75 Å². The summed E-state index contributed by atoms with van der Waals surface area (Å²) in [6.07, 6.45) is 1.87. The number of hydrogen-bond donors (Lipinski definition) is 1. The van der Waals surface area contributed by atoms with E-state index in [1.54, 1.807) is 12.1 Å². The van der Waals surface area contributed by atoms with Gasteiger partial charge >= 0.3 is 0 Å². The number of nitrogens with zero attached hydrogens (tertiary/aromatic N) is 1. The summed E-state index contributed by atoms with van der Waals surface area (Å²) in [4.78, 5) is 12.2. The van der Waals surface area contributed by atoms with Crippen LogP contribution >= 0.6 is 0 Å². The topological polar surface area (TPSA) is 62.1 Å². The molecule has 0 fully saturated rings. The Morgan fingerprint density at radius 2 is 1.81 bits per heavy atom. The SMILES string of the molecule is N#Cc1ccc(COc2cccc(C=C3C(=O)Nc4ccccc43)c2)cc1. The lowest BCUT2D eigenvalue weighted by molar-refractivity contribution is -0.110. The molecular formula is C23H16N2O2. The molecule has 0 aliphatic carbocycles. The van der Waals surface area contributed by atoms with E-state index in [0.29, 0.717) is 17.7 Å². The van der Waals surface area contributed by atoms with E-state index in [2.05, 4.69) is 11.4 Å². The van der Waals surface area contributed by atoms with Gasteiger partial charge < -0.3 is 10.1 Å². The average molecular weight is 352 g/mol. The molecule has 1 heterocycles. The third kappa shape index (κ3) is 3.58. The molecule has 0 radical (unpaired) electrons. The summed E-state index contributed by atoms with van der Waals surface area (Å²) in [5.41, 5.74) is 4.90. The second-order valence-corrected chi connectivity index (χ2v) is 6.23. The van der Waals surface area contributed by atoms with E-state index in [-0.39, 0.29) is 5.91 Å². The molecule has 130 valence electrons. The van der Waals surface area contributed by atoms with Crippen LogP contribution in [0.4, 0.5) is 5.69 Å². The van der Waals surface area contributed by atoms with Gasteiger partial charge in [-0.25, -0.2) is 0 Å². The van der Waals surface area contributed by atoms with Crippen molar-refractivity contribution in [3.05, 3.63) is 95.1 Å². The fourth-order valence-electron chi connectivity index (χ4n) is 2.99. The largest absolute Gasteiger partial charge is 0.489 e. The number of benzene rings is 3. The molecule has 0 saturated heterocycles. The third-order valence-corrected chi connectivity index (χ3v) is 4.37. The average Bonchev–Trinajstić information content (AvgIpc) is 3.02. The number of ether oxygens (including phenoxy) is 1. The number of carbonyl (C=O) groups is 1. The van der Waals surface area contributed by atoms with Gasteiger partial charge in [0.2, 0.25) is 0 Å². The minimum absolute atomic E-state index is 0.0971. The Kier molecular flexibility index (Phi) is 4.42.